The van der Waals surface area contributed by atoms with E-state index in [0.29, 0.717) is 17.6 Å². The molecule has 7 nitrogen and oxygen atoms in total. The van der Waals surface area contributed by atoms with Crippen molar-refractivity contribution in [1.82, 2.24) is 19.5 Å². The van der Waals surface area contributed by atoms with Crippen molar-refractivity contribution < 1.29 is 0 Å². The number of imidazole rings is 1. The molecule has 102 valence electrons. The predicted molar refractivity (Wildman–Crippen MR) is 75.7 cm³/mol. The van der Waals surface area contributed by atoms with Gasteiger partial charge in [0.1, 0.15) is 0 Å². The number of aromatic amines is 2. The molecule has 0 fully saturated rings. The van der Waals surface area contributed by atoms with Crippen molar-refractivity contribution in [2.24, 2.45) is 7.05 Å². The van der Waals surface area contributed by atoms with Gasteiger partial charge in [-0.05, 0) is 18.2 Å². The molecule has 0 aliphatic carbocycles. The molecule has 1 aromatic carbocycles. The molecule has 3 rings (SSSR count). The quantitative estimate of drug-likeness (QED) is 0.607. The summed E-state index contributed by atoms with van der Waals surface area (Å²) in [6.45, 7) is 0.621. The molecule has 0 amide bonds. The highest BCUT2D eigenvalue weighted by atomic mass is 16.2. The van der Waals surface area contributed by atoms with Gasteiger partial charge >= 0.3 is 11.1 Å². The number of anilines is 1. The summed E-state index contributed by atoms with van der Waals surface area (Å²) in [6, 6.07) is 5.37. The van der Waals surface area contributed by atoms with Gasteiger partial charge < -0.3 is 19.9 Å². The summed E-state index contributed by atoms with van der Waals surface area (Å²) in [6.07, 6.45) is 3.52. The molecule has 0 aliphatic heterocycles. The van der Waals surface area contributed by atoms with E-state index in [1.807, 2.05) is 17.7 Å². The molecule has 0 saturated carbocycles. The van der Waals surface area contributed by atoms with Gasteiger partial charge in [-0.3, -0.25) is 9.59 Å². The Hall–Kier alpha value is -2.83. The Balaban J connectivity index is 1.89. The molecule has 0 bridgehead atoms. The Morgan fingerprint density at radius 2 is 1.95 bits per heavy atom. The monoisotopic (exact) mass is 271 g/mol. The van der Waals surface area contributed by atoms with E-state index in [2.05, 4.69) is 20.3 Å². The van der Waals surface area contributed by atoms with E-state index in [9.17, 15) is 9.59 Å². The third kappa shape index (κ3) is 2.20. The summed E-state index contributed by atoms with van der Waals surface area (Å²) in [7, 11) is 1.92. The van der Waals surface area contributed by atoms with E-state index in [0.717, 1.165) is 11.4 Å². The lowest BCUT2D eigenvalue weighted by atomic mass is 10.2. The van der Waals surface area contributed by atoms with Crippen LogP contribution in [0.25, 0.3) is 11.0 Å². The Kier molecular flexibility index (Phi) is 2.86. The molecule has 0 saturated heterocycles. The van der Waals surface area contributed by atoms with Crippen LogP contribution in [-0.4, -0.2) is 19.5 Å². The van der Waals surface area contributed by atoms with E-state index in [-0.39, 0.29) is 0 Å². The molecular formula is C13H13N5O2. The number of hydrogen-bond acceptors (Lipinski definition) is 4. The number of H-pyrrole nitrogens is 2. The van der Waals surface area contributed by atoms with Crippen LogP contribution in [0.15, 0.2) is 40.3 Å². The second-order valence-corrected chi connectivity index (χ2v) is 4.52. The van der Waals surface area contributed by atoms with Gasteiger partial charge in [0.05, 0.1) is 29.6 Å². The SMILES string of the molecule is Cn1cncc1CNc1ccc2[nH]c(=O)c(=O)[nH]c2c1. The fourth-order valence-electron chi connectivity index (χ4n) is 1.97. The van der Waals surface area contributed by atoms with E-state index in [4.69, 9.17) is 0 Å². The van der Waals surface area contributed by atoms with E-state index >= 15 is 0 Å². The zero-order chi connectivity index (χ0) is 14.1. The number of aryl methyl sites for hydroxylation is 1. The summed E-state index contributed by atoms with van der Waals surface area (Å²) in [5.74, 6) is 0. The fourth-order valence-corrected chi connectivity index (χ4v) is 1.97. The van der Waals surface area contributed by atoms with E-state index < -0.39 is 11.1 Å². The minimum Gasteiger partial charge on any atom is -0.379 e. The number of hydrogen-bond donors (Lipinski definition) is 3. The first-order valence-corrected chi connectivity index (χ1v) is 6.09. The first-order chi connectivity index (χ1) is 9.63. The van der Waals surface area contributed by atoms with Crippen molar-refractivity contribution in [3.05, 3.63) is 57.1 Å². The van der Waals surface area contributed by atoms with Gasteiger partial charge in [-0.1, -0.05) is 0 Å². The van der Waals surface area contributed by atoms with Crippen LogP contribution >= 0.6 is 0 Å². The highest BCUT2D eigenvalue weighted by molar-refractivity contribution is 5.78. The second-order valence-electron chi connectivity index (χ2n) is 4.52. The predicted octanol–water partition coefficient (Wildman–Crippen LogP) is 0.562. The molecule has 0 atom stereocenters. The van der Waals surface area contributed by atoms with Gasteiger partial charge in [0, 0.05) is 18.9 Å². The third-order valence-corrected chi connectivity index (χ3v) is 3.11. The lowest BCUT2D eigenvalue weighted by Crippen LogP contribution is -2.28. The minimum absolute atomic E-state index is 0.588. The number of rotatable bonds is 3. The highest BCUT2D eigenvalue weighted by Gasteiger charge is 2.02. The van der Waals surface area contributed by atoms with Crippen molar-refractivity contribution in [3.8, 4) is 0 Å². The maximum absolute atomic E-state index is 11.3. The first kappa shape index (κ1) is 12.2. The van der Waals surface area contributed by atoms with Crippen molar-refractivity contribution in [3.63, 3.8) is 0 Å². The summed E-state index contributed by atoms with van der Waals surface area (Å²) in [5.41, 5.74) is 1.78. The van der Waals surface area contributed by atoms with Crippen LogP contribution in [0.1, 0.15) is 5.69 Å². The van der Waals surface area contributed by atoms with Crippen LogP contribution < -0.4 is 16.4 Å². The van der Waals surface area contributed by atoms with Gasteiger partial charge in [0.15, 0.2) is 0 Å². The average molecular weight is 271 g/mol. The van der Waals surface area contributed by atoms with Gasteiger partial charge in [-0.15, -0.1) is 0 Å². The van der Waals surface area contributed by atoms with E-state index in [1.54, 1.807) is 24.7 Å². The molecule has 0 radical (unpaired) electrons. The fraction of sp³-hybridized carbons (Fsp3) is 0.154. The van der Waals surface area contributed by atoms with Crippen molar-refractivity contribution in [1.29, 1.82) is 0 Å². The van der Waals surface area contributed by atoms with Crippen LogP contribution in [0.3, 0.4) is 0 Å². The standard InChI is InChI=1S/C13H13N5O2/c1-18-7-14-5-9(18)6-15-8-2-3-10-11(4-8)17-13(20)12(19)16-10/h2-5,7,15H,6H2,1H3,(H,16,19)(H,17,20). The molecule has 20 heavy (non-hydrogen) atoms. The van der Waals surface area contributed by atoms with Gasteiger partial charge in [0.2, 0.25) is 0 Å². The Morgan fingerprint density at radius 3 is 2.65 bits per heavy atom. The third-order valence-electron chi connectivity index (χ3n) is 3.11. The average Bonchev–Trinajstić information content (AvgIpc) is 2.83. The molecule has 2 heterocycles. The number of nitrogens with zero attached hydrogens (tertiary/aromatic N) is 2. The van der Waals surface area contributed by atoms with Crippen LogP contribution in [-0.2, 0) is 13.6 Å². The number of aromatic nitrogens is 4. The summed E-state index contributed by atoms with van der Waals surface area (Å²) in [4.78, 5) is 31.6. The van der Waals surface area contributed by atoms with Crippen LogP contribution in [0.5, 0.6) is 0 Å². The largest absolute Gasteiger partial charge is 0.379 e. The normalized spacial score (nSPS) is 10.8. The molecule has 3 aromatic rings. The zero-order valence-corrected chi connectivity index (χ0v) is 10.8. The molecule has 2 aromatic heterocycles. The van der Waals surface area contributed by atoms with Crippen LogP contribution in [0.4, 0.5) is 5.69 Å². The minimum atomic E-state index is -0.652. The van der Waals surface area contributed by atoms with Gasteiger partial charge in [0.25, 0.3) is 0 Å². The molecule has 0 spiro atoms. The topological polar surface area (TPSA) is 95.6 Å². The zero-order valence-electron chi connectivity index (χ0n) is 10.8. The van der Waals surface area contributed by atoms with Crippen molar-refractivity contribution >= 4 is 16.7 Å². The lowest BCUT2D eigenvalue weighted by molar-refractivity contribution is 0.837. The Morgan fingerprint density at radius 1 is 1.20 bits per heavy atom. The van der Waals surface area contributed by atoms with Crippen LogP contribution in [0.2, 0.25) is 0 Å². The smallest absolute Gasteiger partial charge is 0.314 e. The Bertz CT molecular complexity index is 874. The first-order valence-electron chi connectivity index (χ1n) is 6.09. The number of nitrogens with one attached hydrogen (secondary N) is 3. The van der Waals surface area contributed by atoms with E-state index in [1.165, 1.54) is 0 Å². The summed E-state index contributed by atoms with van der Waals surface area (Å²) >= 11 is 0. The Labute approximate surface area is 113 Å². The molecule has 0 aliphatic rings. The van der Waals surface area contributed by atoms with Crippen molar-refractivity contribution in [2.45, 2.75) is 6.54 Å². The second kappa shape index (κ2) is 4.69. The lowest BCUT2D eigenvalue weighted by Gasteiger charge is -2.07. The summed E-state index contributed by atoms with van der Waals surface area (Å²) in [5, 5.41) is 3.24. The molecule has 0 unspecified atom stereocenters. The van der Waals surface area contributed by atoms with Crippen molar-refractivity contribution in [2.75, 3.05) is 5.32 Å². The molecule has 7 heteroatoms. The van der Waals surface area contributed by atoms with Gasteiger partial charge in [-0.2, -0.15) is 0 Å². The number of fused-ring (bicyclic) bond motifs is 1. The number of benzene rings is 1. The van der Waals surface area contributed by atoms with Crippen LogP contribution in [0, 0.1) is 0 Å². The highest BCUT2D eigenvalue weighted by Crippen LogP contribution is 2.14. The van der Waals surface area contributed by atoms with Gasteiger partial charge in [-0.25, -0.2) is 4.98 Å². The maximum atomic E-state index is 11.3. The maximum Gasteiger partial charge on any atom is 0.314 e. The molecule has 3 N–H and O–H groups in total. The molecular weight excluding hydrogens is 258 g/mol. The summed E-state index contributed by atoms with van der Waals surface area (Å²) < 4.78 is 1.92.